The molecule has 0 saturated heterocycles. The summed E-state index contributed by atoms with van der Waals surface area (Å²) in [6.07, 6.45) is -0.866. The van der Waals surface area contributed by atoms with E-state index in [1.54, 1.807) is 20.8 Å². The van der Waals surface area contributed by atoms with Gasteiger partial charge in [0.25, 0.3) is 0 Å². The normalized spacial score (nSPS) is 13.2. The third kappa shape index (κ3) is 5.55. The number of ether oxygens (including phenoxy) is 1. The Hall–Kier alpha value is -2.09. The predicted octanol–water partition coefficient (Wildman–Crippen LogP) is 2.13. The Labute approximate surface area is 135 Å². The van der Waals surface area contributed by atoms with Crippen molar-refractivity contribution in [3.8, 4) is 0 Å². The number of hydrogen-bond acceptors (Lipinski definition) is 5. The number of hydrogen-bond donors (Lipinski definition) is 2. The van der Waals surface area contributed by atoms with Gasteiger partial charge in [0.05, 0.1) is 10.6 Å². The van der Waals surface area contributed by atoms with E-state index in [4.69, 9.17) is 4.74 Å². The number of aliphatic carboxylic acids is 1. The van der Waals surface area contributed by atoms with Crippen molar-refractivity contribution >= 4 is 21.9 Å². The minimum absolute atomic E-state index is 0.0507. The zero-order valence-electron chi connectivity index (χ0n) is 13.5. The number of alkyl carbamates (subject to hydrolysis) is 1. The highest BCUT2D eigenvalue weighted by atomic mass is 32.2. The van der Waals surface area contributed by atoms with E-state index in [0.29, 0.717) is 0 Å². The molecule has 128 valence electrons. The summed E-state index contributed by atoms with van der Waals surface area (Å²) in [5.74, 6) is -1.33. The number of nitrogens with one attached hydrogen (secondary N) is 1. The number of carboxylic acids is 1. The fraction of sp³-hybridized carbons (Fsp3) is 0.467. The maximum atomic E-state index is 11.7. The van der Waals surface area contributed by atoms with Crippen molar-refractivity contribution in [3.63, 3.8) is 0 Å². The Bertz CT molecular complexity index is 673. The molecule has 0 spiro atoms. The van der Waals surface area contributed by atoms with Crippen molar-refractivity contribution in [2.24, 2.45) is 0 Å². The molecule has 1 unspecified atom stereocenters. The van der Waals surface area contributed by atoms with Crippen LogP contribution in [0.4, 0.5) is 4.79 Å². The lowest BCUT2D eigenvalue weighted by Crippen LogP contribution is -2.38. The maximum Gasteiger partial charge on any atom is 0.408 e. The Morgan fingerprint density at radius 2 is 1.74 bits per heavy atom. The Balaban J connectivity index is 2.99. The van der Waals surface area contributed by atoms with E-state index in [2.05, 4.69) is 5.32 Å². The molecular formula is C15H21NO6S. The second-order valence-corrected chi connectivity index (χ2v) is 8.17. The lowest BCUT2D eigenvalue weighted by atomic mass is 10.1. The molecule has 2 N–H and O–H groups in total. The standard InChI is InChI=1S/C15H21NO6S/c1-5-23(20,21)11-8-6-10(7-9-11)12(13(17)18)16-14(19)22-15(2,3)4/h6-9,12H,5H2,1-4H3,(H,16,19)(H,17,18). The summed E-state index contributed by atoms with van der Waals surface area (Å²) >= 11 is 0. The van der Waals surface area contributed by atoms with Crippen molar-refractivity contribution in [3.05, 3.63) is 29.8 Å². The summed E-state index contributed by atoms with van der Waals surface area (Å²) in [5.41, 5.74) is -0.509. The molecule has 0 aromatic heterocycles. The smallest absolute Gasteiger partial charge is 0.408 e. The fourth-order valence-corrected chi connectivity index (χ4v) is 2.63. The van der Waals surface area contributed by atoms with Gasteiger partial charge in [-0.1, -0.05) is 19.1 Å². The van der Waals surface area contributed by atoms with Crippen LogP contribution in [0.5, 0.6) is 0 Å². The van der Waals surface area contributed by atoms with Crippen molar-refractivity contribution in [2.45, 2.75) is 44.2 Å². The molecule has 23 heavy (non-hydrogen) atoms. The van der Waals surface area contributed by atoms with E-state index in [-0.39, 0.29) is 16.2 Å². The van der Waals surface area contributed by atoms with Crippen LogP contribution in [-0.2, 0) is 19.4 Å². The van der Waals surface area contributed by atoms with E-state index in [1.165, 1.54) is 31.2 Å². The van der Waals surface area contributed by atoms with Gasteiger partial charge in [-0.05, 0) is 38.5 Å². The quantitative estimate of drug-likeness (QED) is 0.847. The Morgan fingerprint density at radius 1 is 1.22 bits per heavy atom. The zero-order valence-corrected chi connectivity index (χ0v) is 14.3. The minimum atomic E-state index is -3.37. The molecule has 8 heteroatoms. The van der Waals surface area contributed by atoms with Gasteiger partial charge in [-0.3, -0.25) is 0 Å². The van der Waals surface area contributed by atoms with Gasteiger partial charge < -0.3 is 15.2 Å². The van der Waals surface area contributed by atoms with Crippen LogP contribution in [0.1, 0.15) is 39.3 Å². The summed E-state index contributed by atoms with van der Waals surface area (Å²) in [6, 6.07) is 4.03. The summed E-state index contributed by atoms with van der Waals surface area (Å²) in [6.45, 7) is 6.50. The number of carbonyl (C=O) groups excluding carboxylic acids is 1. The average Bonchev–Trinajstić information content (AvgIpc) is 2.43. The van der Waals surface area contributed by atoms with Crippen LogP contribution >= 0.6 is 0 Å². The molecule has 1 aromatic rings. The average molecular weight is 343 g/mol. The number of carbonyl (C=O) groups is 2. The van der Waals surface area contributed by atoms with Gasteiger partial charge in [-0.25, -0.2) is 18.0 Å². The van der Waals surface area contributed by atoms with Gasteiger partial charge >= 0.3 is 12.1 Å². The van der Waals surface area contributed by atoms with Crippen molar-refractivity contribution < 1.29 is 27.9 Å². The van der Waals surface area contributed by atoms with Crippen molar-refractivity contribution in [2.75, 3.05) is 5.75 Å². The molecule has 0 radical (unpaired) electrons. The largest absolute Gasteiger partial charge is 0.479 e. The first-order valence-electron chi connectivity index (χ1n) is 7.01. The molecule has 1 rings (SSSR count). The number of carboxylic acid groups (broad SMARTS) is 1. The molecular weight excluding hydrogens is 322 g/mol. The van der Waals surface area contributed by atoms with Crippen LogP contribution < -0.4 is 5.32 Å². The van der Waals surface area contributed by atoms with Gasteiger partial charge in [0.1, 0.15) is 5.60 Å². The van der Waals surface area contributed by atoms with Crippen LogP contribution in [0.25, 0.3) is 0 Å². The van der Waals surface area contributed by atoms with Crippen LogP contribution in [-0.4, -0.2) is 36.9 Å². The van der Waals surface area contributed by atoms with E-state index in [9.17, 15) is 23.1 Å². The van der Waals surface area contributed by atoms with E-state index in [0.717, 1.165) is 0 Å². The van der Waals surface area contributed by atoms with Gasteiger partial charge in [-0.2, -0.15) is 0 Å². The molecule has 0 aliphatic heterocycles. The van der Waals surface area contributed by atoms with Gasteiger partial charge in [-0.15, -0.1) is 0 Å². The van der Waals surface area contributed by atoms with Crippen LogP contribution in [0.3, 0.4) is 0 Å². The summed E-state index contributed by atoms with van der Waals surface area (Å²) in [4.78, 5) is 23.2. The highest BCUT2D eigenvalue weighted by molar-refractivity contribution is 7.91. The highest BCUT2D eigenvalue weighted by Crippen LogP contribution is 2.19. The van der Waals surface area contributed by atoms with Crippen LogP contribution in [0.2, 0.25) is 0 Å². The minimum Gasteiger partial charge on any atom is -0.479 e. The molecule has 0 aliphatic rings. The lowest BCUT2D eigenvalue weighted by Gasteiger charge is -2.22. The van der Waals surface area contributed by atoms with Gasteiger partial charge in [0.2, 0.25) is 0 Å². The maximum absolute atomic E-state index is 11.7. The summed E-state index contributed by atoms with van der Waals surface area (Å²) < 4.78 is 28.5. The second-order valence-electron chi connectivity index (χ2n) is 5.89. The molecule has 1 atom stereocenters. The number of rotatable bonds is 5. The third-order valence-corrected chi connectivity index (χ3v) is 4.61. The molecule has 1 amide bonds. The van der Waals surface area contributed by atoms with Crippen LogP contribution in [0, 0.1) is 0 Å². The first-order valence-corrected chi connectivity index (χ1v) is 8.66. The van der Waals surface area contributed by atoms with Crippen molar-refractivity contribution in [1.82, 2.24) is 5.32 Å². The number of sulfone groups is 1. The highest BCUT2D eigenvalue weighted by Gasteiger charge is 2.25. The lowest BCUT2D eigenvalue weighted by molar-refractivity contribution is -0.139. The first-order chi connectivity index (χ1) is 10.5. The molecule has 0 fully saturated rings. The molecule has 0 saturated carbocycles. The monoisotopic (exact) mass is 343 g/mol. The molecule has 0 aliphatic carbocycles. The fourth-order valence-electron chi connectivity index (χ4n) is 1.75. The van der Waals surface area contributed by atoms with Gasteiger partial charge in [0, 0.05) is 0 Å². The van der Waals surface area contributed by atoms with Gasteiger partial charge in [0.15, 0.2) is 15.9 Å². The number of benzene rings is 1. The predicted molar refractivity (Wildman–Crippen MR) is 83.9 cm³/mol. The number of amides is 1. The first kappa shape index (κ1) is 19.0. The summed E-state index contributed by atoms with van der Waals surface area (Å²) in [7, 11) is -3.37. The van der Waals surface area contributed by atoms with E-state index >= 15 is 0 Å². The molecule has 7 nitrogen and oxygen atoms in total. The van der Waals surface area contributed by atoms with E-state index < -0.39 is 33.5 Å². The molecule has 0 bridgehead atoms. The third-order valence-electron chi connectivity index (χ3n) is 2.86. The Kier molecular flexibility index (Phi) is 5.76. The Morgan fingerprint density at radius 3 is 2.13 bits per heavy atom. The van der Waals surface area contributed by atoms with Crippen molar-refractivity contribution in [1.29, 1.82) is 0 Å². The summed E-state index contributed by atoms with van der Waals surface area (Å²) in [5, 5.41) is 11.5. The van der Waals surface area contributed by atoms with Crippen LogP contribution in [0.15, 0.2) is 29.2 Å². The topological polar surface area (TPSA) is 110 Å². The zero-order chi connectivity index (χ0) is 17.8. The molecule has 0 heterocycles. The second kappa shape index (κ2) is 6.99. The van der Waals surface area contributed by atoms with E-state index in [1.807, 2.05) is 0 Å². The molecule has 1 aromatic carbocycles. The SMILES string of the molecule is CCS(=O)(=O)c1ccc(C(NC(=O)OC(C)(C)C)C(=O)O)cc1.